The maximum absolute atomic E-state index is 11.7. The Labute approximate surface area is 133 Å². The maximum atomic E-state index is 11.7. The van der Waals surface area contributed by atoms with E-state index >= 15 is 0 Å². The Kier molecular flexibility index (Phi) is 16.5. The quantitative estimate of drug-likeness (QED) is 0.268. The van der Waals surface area contributed by atoms with Crippen molar-refractivity contribution in [1.82, 2.24) is 0 Å². The summed E-state index contributed by atoms with van der Waals surface area (Å²) >= 11 is 0. The van der Waals surface area contributed by atoms with Crippen LogP contribution in [0.2, 0.25) is 0 Å². The summed E-state index contributed by atoms with van der Waals surface area (Å²) in [6.07, 6.45) is 18.1. The van der Waals surface area contributed by atoms with E-state index in [1.807, 2.05) is 0 Å². The number of hydrogen-bond acceptors (Lipinski definition) is 2. The fraction of sp³-hybridized carbons (Fsp3) is 1.00. The largest absolute Gasteiger partial charge is 0.393 e. The smallest absolute Gasteiger partial charge is 0.0719 e. The van der Waals surface area contributed by atoms with Gasteiger partial charge in [0.25, 0.3) is 0 Å². The highest BCUT2D eigenvalue weighted by Gasteiger charge is 2.03. The Hall–Kier alpha value is 0.0600. The first kappa shape index (κ1) is 21.1. The SMILES string of the molecule is CCCCCCCCCCCCCC[P](=O)CCC(C)O. The van der Waals surface area contributed by atoms with E-state index in [0.29, 0.717) is 12.6 Å². The molecule has 0 aromatic carbocycles. The Balaban J connectivity index is 3.10. The predicted molar refractivity (Wildman–Crippen MR) is 94.7 cm³/mol. The Morgan fingerprint density at radius 1 is 0.762 bits per heavy atom. The fourth-order valence-corrected chi connectivity index (χ4v) is 4.03. The van der Waals surface area contributed by atoms with E-state index in [2.05, 4.69) is 6.92 Å². The molecule has 3 heteroatoms. The maximum Gasteiger partial charge on any atom is 0.0719 e. The summed E-state index contributed by atoms with van der Waals surface area (Å²) in [6, 6.07) is 0. The second kappa shape index (κ2) is 16.4. The van der Waals surface area contributed by atoms with Crippen molar-refractivity contribution in [2.24, 2.45) is 0 Å². The van der Waals surface area contributed by atoms with Crippen LogP contribution in [-0.2, 0) is 4.57 Å². The molecular weight excluding hydrogens is 279 g/mol. The average Bonchev–Trinajstić information content (AvgIpc) is 2.46. The lowest BCUT2D eigenvalue weighted by molar-refractivity contribution is 0.191. The molecule has 0 saturated carbocycles. The van der Waals surface area contributed by atoms with Gasteiger partial charge in [0, 0.05) is 12.3 Å². The van der Waals surface area contributed by atoms with Gasteiger partial charge in [0.15, 0.2) is 0 Å². The van der Waals surface area contributed by atoms with Crippen molar-refractivity contribution < 1.29 is 9.67 Å². The van der Waals surface area contributed by atoms with Gasteiger partial charge < -0.3 is 5.11 Å². The first-order chi connectivity index (χ1) is 10.2. The first-order valence-electron chi connectivity index (χ1n) is 9.27. The standard InChI is InChI=1S/C18H38O2P/c1-3-4-5-6-7-8-9-10-11-12-13-14-16-21(20)17-15-18(2)19/h18-19H,3-17H2,1-2H3. The van der Waals surface area contributed by atoms with Crippen LogP contribution in [0.3, 0.4) is 0 Å². The molecule has 0 heterocycles. The van der Waals surface area contributed by atoms with Gasteiger partial charge in [-0.1, -0.05) is 77.6 Å². The number of aliphatic hydroxyl groups is 1. The predicted octanol–water partition coefficient (Wildman–Crippen LogP) is 6.29. The van der Waals surface area contributed by atoms with E-state index in [4.69, 9.17) is 5.11 Å². The molecule has 1 N–H and O–H groups in total. The number of unbranched alkanes of at least 4 members (excludes halogenated alkanes) is 11. The van der Waals surface area contributed by atoms with Gasteiger partial charge >= 0.3 is 0 Å². The van der Waals surface area contributed by atoms with Crippen LogP contribution in [0.1, 0.15) is 97.3 Å². The van der Waals surface area contributed by atoms with Gasteiger partial charge in [-0.05, 0) is 19.8 Å². The van der Waals surface area contributed by atoms with Gasteiger partial charge in [0.1, 0.15) is 0 Å². The molecule has 0 aromatic rings. The van der Waals surface area contributed by atoms with Crippen LogP contribution in [0.25, 0.3) is 0 Å². The Bertz CT molecular complexity index is 229. The molecule has 0 spiro atoms. The third-order valence-electron chi connectivity index (χ3n) is 4.06. The third kappa shape index (κ3) is 18.0. The second-order valence-corrected chi connectivity index (χ2v) is 8.31. The van der Waals surface area contributed by atoms with Gasteiger partial charge in [0.05, 0.1) is 13.9 Å². The van der Waals surface area contributed by atoms with Crippen LogP contribution in [0.15, 0.2) is 0 Å². The lowest BCUT2D eigenvalue weighted by Gasteiger charge is -2.04. The Morgan fingerprint density at radius 2 is 1.19 bits per heavy atom. The van der Waals surface area contributed by atoms with Crippen LogP contribution in [-0.4, -0.2) is 23.5 Å². The minimum atomic E-state index is -1.06. The molecule has 0 saturated heterocycles. The lowest BCUT2D eigenvalue weighted by Crippen LogP contribution is -2.00. The fourth-order valence-electron chi connectivity index (χ4n) is 2.57. The third-order valence-corrected chi connectivity index (χ3v) is 5.63. The second-order valence-electron chi connectivity index (χ2n) is 6.46. The zero-order chi connectivity index (χ0) is 15.8. The topological polar surface area (TPSA) is 37.3 Å². The molecule has 127 valence electrons. The molecule has 0 aliphatic rings. The molecule has 1 radical (unpaired) electrons. The number of rotatable bonds is 16. The average molecular weight is 317 g/mol. The molecule has 2 atom stereocenters. The molecule has 2 unspecified atom stereocenters. The van der Waals surface area contributed by atoms with Crippen LogP contribution < -0.4 is 0 Å². The van der Waals surface area contributed by atoms with Gasteiger partial charge in [-0.2, -0.15) is 0 Å². The van der Waals surface area contributed by atoms with Gasteiger partial charge in [0.2, 0.25) is 0 Å². The molecule has 2 nitrogen and oxygen atoms in total. The summed E-state index contributed by atoms with van der Waals surface area (Å²) in [7, 11) is -1.06. The van der Waals surface area contributed by atoms with Crippen LogP contribution in [0.4, 0.5) is 0 Å². The molecule has 0 fully saturated rings. The highest BCUT2D eigenvalue weighted by atomic mass is 31.1. The highest BCUT2D eigenvalue weighted by Crippen LogP contribution is 2.24. The van der Waals surface area contributed by atoms with Crippen molar-refractivity contribution in [2.75, 3.05) is 12.3 Å². The minimum Gasteiger partial charge on any atom is -0.393 e. The van der Waals surface area contributed by atoms with Crippen molar-refractivity contribution in [3.8, 4) is 0 Å². The molecular formula is C18H38O2P. The van der Waals surface area contributed by atoms with E-state index in [1.54, 1.807) is 6.92 Å². The van der Waals surface area contributed by atoms with Gasteiger partial charge in [-0.3, -0.25) is 4.57 Å². The monoisotopic (exact) mass is 317 g/mol. The Morgan fingerprint density at radius 3 is 1.62 bits per heavy atom. The summed E-state index contributed by atoms with van der Waals surface area (Å²) in [5.74, 6) is 0. The van der Waals surface area contributed by atoms with Crippen molar-refractivity contribution in [3.05, 3.63) is 0 Å². The summed E-state index contributed by atoms with van der Waals surface area (Å²) < 4.78 is 11.7. The number of aliphatic hydroxyl groups excluding tert-OH is 1. The molecule has 0 rings (SSSR count). The van der Waals surface area contributed by atoms with Gasteiger partial charge in [-0.15, -0.1) is 0 Å². The van der Waals surface area contributed by atoms with Crippen LogP contribution >= 0.6 is 7.80 Å². The minimum absolute atomic E-state index is 0.300. The summed E-state index contributed by atoms with van der Waals surface area (Å²) in [4.78, 5) is 0. The van der Waals surface area contributed by atoms with E-state index in [0.717, 1.165) is 12.6 Å². The van der Waals surface area contributed by atoms with Crippen molar-refractivity contribution >= 4 is 7.80 Å². The molecule has 21 heavy (non-hydrogen) atoms. The number of hydrogen-bond donors (Lipinski definition) is 1. The lowest BCUT2D eigenvalue weighted by atomic mass is 10.1. The molecule has 0 amide bonds. The van der Waals surface area contributed by atoms with E-state index in [1.165, 1.54) is 70.6 Å². The molecule has 0 aliphatic carbocycles. The van der Waals surface area contributed by atoms with Gasteiger partial charge in [-0.25, -0.2) is 0 Å². The van der Waals surface area contributed by atoms with Crippen molar-refractivity contribution in [1.29, 1.82) is 0 Å². The van der Waals surface area contributed by atoms with Crippen LogP contribution in [0.5, 0.6) is 0 Å². The zero-order valence-electron chi connectivity index (χ0n) is 14.5. The van der Waals surface area contributed by atoms with E-state index in [9.17, 15) is 4.57 Å². The zero-order valence-corrected chi connectivity index (χ0v) is 15.4. The normalized spacial score (nSPS) is 13.4. The molecule has 0 aliphatic heterocycles. The highest BCUT2D eigenvalue weighted by molar-refractivity contribution is 7.44. The summed E-state index contributed by atoms with van der Waals surface area (Å²) in [5.41, 5.74) is 0. The van der Waals surface area contributed by atoms with Crippen molar-refractivity contribution in [2.45, 2.75) is 103 Å². The van der Waals surface area contributed by atoms with Crippen LogP contribution in [0, 0.1) is 0 Å². The first-order valence-corrected chi connectivity index (χ1v) is 10.9. The molecule has 0 aromatic heterocycles. The summed E-state index contributed by atoms with van der Waals surface area (Å²) in [6.45, 7) is 4.04. The summed E-state index contributed by atoms with van der Waals surface area (Å²) in [5, 5.41) is 9.15. The van der Waals surface area contributed by atoms with E-state index < -0.39 is 7.80 Å². The van der Waals surface area contributed by atoms with Crippen molar-refractivity contribution in [3.63, 3.8) is 0 Å². The van der Waals surface area contributed by atoms with E-state index in [-0.39, 0.29) is 6.10 Å². The molecule has 0 bridgehead atoms.